The standard InChI is InChI=1S/C16H21NO3/c1-10(2)20-14-13(16(6-7-16)15(18)19)8-12(9-17-14)11-4-3-5-11/h8-11H,3-7H2,1-2H3,(H,18,19). The van der Waals surface area contributed by atoms with Gasteiger partial charge in [-0.25, -0.2) is 4.98 Å². The van der Waals surface area contributed by atoms with Crippen molar-refractivity contribution in [2.75, 3.05) is 0 Å². The van der Waals surface area contributed by atoms with Gasteiger partial charge in [0.05, 0.1) is 11.5 Å². The van der Waals surface area contributed by atoms with Crippen LogP contribution in [-0.2, 0) is 10.2 Å². The molecule has 2 aliphatic rings. The molecule has 1 aromatic rings. The molecule has 1 aromatic heterocycles. The van der Waals surface area contributed by atoms with Gasteiger partial charge >= 0.3 is 5.97 Å². The minimum absolute atomic E-state index is 0.000368. The number of hydrogen-bond donors (Lipinski definition) is 1. The van der Waals surface area contributed by atoms with Crippen molar-refractivity contribution in [3.63, 3.8) is 0 Å². The number of aromatic nitrogens is 1. The van der Waals surface area contributed by atoms with Gasteiger partial charge in [0.2, 0.25) is 5.88 Å². The first-order chi connectivity index (χ1) is 9.53. The molecule has 2 fully saturated rings. The van der Waals surface area contributed by atoms with Crippen molar-refractivity contribution in [3.05, 3.63) is 23.4 Å². The van der Waals surface area contributed by atoms with Crippen molar-refractivity contribution in [1.29, 1.82) is 0 Å². The van der Waals surface area contributed by atoms with Gasteiger partial charge in [-0.3, -0.25) is 4.79 Å². The van der Waals surface area contributed by atoms with Gasteiger partial charge in [0, 0.05) is 11.8 Å². The van der Waals surface area contributed by atoms with Crippen molar-refractivity contribution in [1.82, 2.24) is 4.98 Å². The summed E-state index contributed by atoms with van der Waals surface area (Å²) < 4.78 is 5.73. The zero-order chi connectivity index (χ0) is 14.3. The fourth-order valence-electron chi connectivity index (χ4n) is 2.82. The summed E-state index contributed by atoms with van der Waals surface area (Å²) in [6.07, 6.45) is 6.87. The molecule has 0 atom stereocenters. The molecule has 1 heterocycles. The summed E-state index contributed by atoms with van der Waals surface area (Å²) in [5, 5.41) is 9.53. The average Bonchev–Trinajstić information content (AvgIpc) is 3.09. The van der Waals surface area contributed by atoms with Crippen molar-refractivity contribution >= 4 is 5.97 Å². The van der Waals surface area contributed by atoms with E-state index in [-0.39, 0.29) is 6.10 Å². The van der Waals surface area contributed by atoms with E-state index in [0.717, 1.165) is 5.56 Å². The van der Waals surface area contributed by atoms with E-state index in [1.165, 1.54) is 24.8 Å². The van der Waals surface area contributed by atoms with E-state index in [1.54, 1.807) is 0 Å². The Morgan fingerprint density at radius 1 is 1.45 bits per heavy atom. The molecule has 4 heteroatoms. The molecule has 2 aliphatic carbocycles. The Morgan fingerprint density at radius 2 is 2.15 bits per heavy atom. The lowest BCUT2D eigenvalue weighted by Gasteiger charge is -2.27. The smallest absolute Gasteiger partial charge is 0.314 e. The molecule has 0 saturated heterocycles. The van der Waals surface area contributed by atoms with Gasteiger partial charge in [0.25, 0.3) is 0 Å². The maximum absolute atomic E-state index is 11.6. The predicted molar refractivity (Wildman–Crippen MR) is 75.1 cm³/mol. The first-order valence-corrected chi connectivity index (χ1v) is 7.43. The van der Waals surface area contributed by atoms with E-state index in [2.05, 4.69) is 4.98 Å². The van der Waals surface area contributed by atoms with Crippen LogP contribution in [0.3, 0.4) is 0 Å². The Morgan fingerprint density at radius 3 is 2.60 bits per heavy atom. The Balaban J connectivity index is 2.00. The number of nitrogens with zero attached hydrogens (tertiary/aromatic N) is 1. The lowest BCUT2D eigenvalue weighted by atomic mass is 9.79. The maximum atomic E-state index is 11.6. The number of rotatable bonds is 5. The van der Waals surface area contributed by atoms with Gasteiger partial charge < -0.3 is 9.84 Å². The van der Waals surface area contributed by atoms with E-state index in [0.29, 0.717) is 24.6 Å². The number of carboxylic acid groups (broad SMARTS) is 1. The molecule has 0 unspecified atom stereocenters. The van der Waals surface area contributed by atoms with Gasteiger partial charge in [-0.2, -0.15) is 0 Å². The van der Waals surface area contributed by atoms with Gasteiger partial charge in [-0.1, -0.05) is 6.42 Å². The van der Waals surface area contributed by atoms with E-state index >= 15 is 0 Å². The fourth-order valence-corrected chi connectivity index (χ4v) is 2.82. The van der Waals surface area contributed by atoms with Crippen molar-refractivity contribution < 1.29 is 14.6 Å². The molecule has 0 spiro atoms. The molecule has 4 nitrogen and oxygen atoms in total. The van der Waals surface area contributed by atoms with Crippen LogP contribution in [0.4, 0.5) is 0 Å². The first-order valence-electron chi connectivity index (χ1n) is 7.43. The number of ether oxygens (including phenoxy) is 1. The molecule has 0 bridgehead atoms. The maximum Gasteiger partial charge on any atom is 0.314 e. The third kappa shape index (κ3) is 2.17. The Labute approximate surface area is 119 Å². The van der Waals surface area contributed by atoms with E-state index in [9.17, 15) is 9.90 Å². The van der Waals surface area contributed by atoms with Crippen LogP contribution in [0.1, 0.15) is 63.0 Å². The molecule has 20 heavy (non-hydrogen) atoms. The van der Waals surface area contributed by atoms with E-state index in [1.807, 2.05) is 26.1 Å². The second-order valence-corrected chi connectivity index (χ2v) is 6.30. The molecule has 3 rings (SSSR count). The summed E-state index contributed by atoms with van der Waals surface area (Å²) >= 11 is 0. The largest absolute Gasteiger partial charge is 0.481 e. The molecule has 0 radical (unpaired) electrons. The average molecular weight is 275 g/mol. The lowest BCUT2D eigenvalue weighted by molar-refractivity contribution is -0.140. The topological polar surface area (TPSA) is 59.4 Å². The van der Waals surface area contributed by atoms with E-state index in [4.69, 9.17) is 4.74 Å². The zero-order valence-electron chi connectivity index (χ0n) is 12.1. The summed E-state index contributed by atoms with van der Waals surface area (Å²) in [6, 6.07) is 2.04. The minimum atomic E-state index is -0.753. The molecule has 0 aliphatic heterocycles. The highest BCUT2D eigenvalue weighted by molar-refractivity contribution is 5.85. The van der Waals surface area contributed by atoms with Crippen LogP contribution >= 0.6 is 0 Å². The van der Waals surface area contributed by atoms with E-state index < -0.39 is 11.4 Å². The highest BCUT2D eigenvalue weighted by Crippen LogP contribution is 2.52. The van der Waals surface area contributed by atoms with Crippen LogP contribution in [0.5, 0.6) is 5.88 Å². The van der Waals surface area contributed by atoms with Crippen LogP contribution < -0.4 is 4.74 Å². The number of aliphatic carboxylic acids is 1. The van der Waals surface area contributed by atoms with Crippen LogP contribution in [0.2, 0.25) is 0 Å². The van der Waals surface area contributed by atoms with Gasteiger partial charge in [0.1, 0.15) is 0 Å². The van der Waals surface area contributed by atoms with Crippen molar-refractivity contribution in [2.24, 2.45) is 0 Å². The van der Waals surface area contributed by atoms with Crippen molar-refractivity contribution in [2.45, 2.75) is 63.4 Å². The monoisotopic (exact) mass is 275 g/mol. The molecule has 108 valence electrons. The third-order valence-corrected chi connectivity index (χ3v) is 4.47. The van der Waals surface area contributed by atoms with Crippen LogP contribution in [-0.4, -0.2) is 22.2 Å². The number of carboxylic acids is 1. The highest BCUT2D eigenvalue weighted by atomic mass is 16.5. The van der Waals surface area contributed by atoms with Crippen LogP contribution in [0, 0.1) is 0 Å². The second kappa shape index (κ2) is 4.76. The van der Waals surface area contributed by atoms with Crippen LogP contribution in [0.15, 0.2) is 12.3 Å². The molecule has 2 saturated carbocycles. The summed E-state index contributed by atoms with van der Waals surface area (Å²) in [5.74, 6) is 0.306. The minimum Gasteiger partial charge on any atom is -0.481 e. The first kappa shape index (κ1) is 13.4. The Hall–Kier alpha value is -1.58. The number of pyridine rings is 1. The molecule has 0 amide bonds. The van der Waals surface area contributed by atoms with Gasteiger partial charge in [-0.15, -0.1) is 0 Å². The Bertz CT molecular complexity index is 531. The molecular weight excluding hydrogens is 254 g/mol. The summed E-state index contributed by atoms with van der Waals surface area (Å²) in [6.45, 7) is 3.87. The lowest BCUT2D eigenvalue weighted by Crippen LogP contribution is -2.23. The molecular formula is C16H21NO3. The predicted octanol–water partition coefficient (Wildman–Crippen LogP) is 3.25. The van der Waals surface area contributed by atoms with Gasteiger partial charge in [0.15, 0.2) is 0 Å². The number of hydrogen-bond acceptors (Lipinski definition) is 3. The quantitative estimate of drug-likeness (QED) is 0.896. The normalized spacial score (nSPS) is 20.6. The molecule has 1 N–H and O–H groups in total. The Kier molecular flexibility index (Phi) is 3.19. The zero-order valence-corrected chi connectivity index (χ0v) is 12.1. The highest BCUT2D eigenvalue weighted by Gasteiger charge is 2.54. The SMILES string of the molecule is CC(C)Oc1ncc(C2CCC2)cc1C1(C(=O)O)CC1. The molecule has 0 aromatic carbocycles. The summed E-state index contributed by atoms with van der Waals surface area (Å²) in [4.78, 5) is 16.0. The summed E-state index contributed by atoms with van der Waals surface area (Å²) in [7, 11) is 0. The second-order valence-electron chi connectivity index (χ2n) is 6.30. The number of carbonyl (C=O) groups is 1. The van der Waals surface area contributed by atoms with Crippen LogP contribution in [0.25, 0.3) is 0 Å². The summed E-state index contributed by atoms with van der Waals surface area (Å²) in [5.41, 5.74) is 1.20. The fraction of sp³-hybridized carbons (Fsp3) is 0.625. The third-order valence-electron chi connectivity index (χ3n) is 4.47. The van der Waals surface area contributed by atoms with Crippen molar-refractivity contribution in [3.8, 4) is 5.88 Å². The van der Waals surface area contributed by atoms with Gasteiger partial charge in [-0.05, 0) is 57.1 Å².